The van der Waals surface area contributed by atoms with Gasteiger partial charge in [-0.15, -0.1) is 0 Å². The van der Waals surface area contributed by atoms with Crippen LogP contribution in [-0.2, 0) is 4.79 Å². The van der Waals surface area contributed by atoms with Crippen LogP contribution in [0.2, 0.25) is 0 Å². The van der Waals surface area contributed by atoms with Crippen LogP contribution < -0.4 is 15.5 Å². The van der Waals surface area contributed by atoms with Crippen molar-refractivity contribution in [2.45, 2.75) is 39.7 Å². The highest BCUT2D eigenvalue weighted by atomic mass is 16.2. The Morgan fingerprint density at radius 3 is 2.38 bits per heavy atom. The van der Waals surface area contributed by atoms with Gasteiger partial charge in [-0.2, -0.15) is 0 Å². The number of nitrogens with zero attached hydrogens (tertiary/aromatic N) is 4. The van der Waals surface area contributed by atoms with Gasteiger partial charge in [0.15, 0.2) is 0 Å². The van der Waals surface area contributed by atoms with Gasteiger partial charge in [0.25, 0.3) is 5.91 Å². The van der Waals surface area contributed by atoms with E-state index in [0.717, 1.165) is 23.4 Å². The van der Waals surface area contributed by atoms with Crippen molar-refractivity contribution in [2.75, 3.05) is 36.0 Å². The topological polar surface area (TPSA) is 99.8 Å². The molecule has 4 rings (SSSR count). The summed E-state index contributed by atoms with van der Waals surface area (Å²) in [4.78, 5) is 47.8. The van der Waals surface area contributed by atoms with Gasteiger partial charge in [-0.3, -0.25) is 14.4 Å². The SMILES string of the molecule is Cc1cnc(N2CCN(C(=O)c3ccc(N4C(=O)CCC4C)cc3C(N)=O)CC2)c(C)c1. The molecule has 0 aliphatic carbocycles. The van der Waals surface area contributed by atoms with Crippen LogP contribution in [0.1, 0.15) is 51.6 Å². The van der Waals surface area contributed by atoms with Gasteiger partial charge in [-0.1, -0.05) is 6.07 Å². The Morgan fingerprint density at radius 2 is 1.78 bits per heavy atom. The second-order valence-corrected chi connectivity index (χ2v) is 8.68. The van der Waals surface area contributed by atoms with E-state index in [-0.39, 0.29) is 29.0 Å². The molecule has 168 valence electrons. The number of rotatable bonds is 4. The average Bonchev–Trinajstić information content (AvgIpc) is 3.11. The molecule has 3 heterocycles. The molecule has 0 spiro atoms. The van der Waals surface area contributed by atoms with E-state index in [4.69, 9.17) is 5.73 Å². The lowest BCUT2D eigenvalue weighted by molar-refractivity contribution is -0.117. The molecule has 1 aromatic carbocycles. The number of anilines is 2. The quantitative estimate of drug-likeness (QED) is 0.794. The van der Waals surface area contributed by atoms with Crippen LogP contribution in [-0.4, -0.2) is 59.8 Å². The molecule has 8 heteroatoms. The molecule has 0 bridgehead atoms. The summed E-state index contributed by atoms with van der Waals surface area (Å²) in [6.45, 7) is 8.39. The van der Waals surface area contributed by atoms with E-state index in [0.29, 0.717) is 38.3 Å². The molecule has 8 nitrogen and oxygen atoms in total. The van der Waals surface area contributed by atoms with Crippen molar-refractivity contribution in [1.29, 1.82) is 0 Å². The molecular formula is C24H29N5O3. The van der Waals surface area contributed by atoms with Crippen LogP contribution in [0.15, 0.2) is 30.5 Å². The molecule has 2 N–H and O–H groups in total. The summed E-state index contributed by atoms with van der Waals surface area (Å²) in [5.41, 5.74) is 8.88. The smallest absolute Gasteiger partial charge is 0.254 e. The van der Waals surface area contributed by atoms with Gasteiger partial charge in [0.1, 0.15) is 5.82 Å². The Bertz CT molecular complexity index is 1080. The van der Waals surface area contributed by atoms with Crippen molar-refractivity contribution in [1.82, 2.24) is 9.88 Å². The van der Waals surface area contributed by atoms with E-state index in [1.54, 1.807) is 28.0 Å². The molecule has 2 fully saturated rings. The monoisotopic (exact) mass is 435 g/mol. The van der Waals surface area contributed by atoms with Crippen molar-refractivity contribution in [3.8, 4) is 0 Å². The third kappa shape index (κ3) is 4.04. The molecule has 2 saturated heterocycles. The van der Waals surface area contributed by atoms with Crippen molar-refractivity contribution >= 4 is 29.2 Å². The van der Waals surface area contributed by atoms with Gasteiger partial charge in [-0.05, 0) is 56.5 Å². The van der Waals surface area contributed by atoms with E-state index in [1.165, 1.54) is 0 Å². The molecule has 0 saturated carbocycles. The molecule has 2 aliphatic rings. The lowest BCUT2D eigenvalue weighted by atomic mass is 10.0. The van der Waals surface area contributed by atoms with Crippen molar-refractivity contribution < 1.29 is 14.4 Å². The predicted molar refractivity (Wildman–Crippen MR) is 123 cm³/mol. The van der Waals surface area contributed by atoms with Crippen LogP contribution >= 0.6 is 0 Å². The highest BCUT2D eigenvalue weighted by Gasteiger charge is 2.31. The summed E-state index contributed by atoms with van der Waals surface area (Å²) < 4.78 is 0. The minimum absolute atomic E-state index is 0.0168. The third-order valence-electron chi connectivity index (χ3n) is 6.32. The summed E-state index contributed by atoms with van der Waals surface area (Å²) in [6, 6.07) is 7.08. The van der Waals surface area contributed by atoms with Crippen LogP contribution in [0.5, 0.6) is 0 Å². The first-order valence-corrected chi connectivity index (χ1v) is 11.0. The largest absolute Gasteiger partial charge is 0.366 e. The first-order chi connectivity index (χ1) is 15.3. The highest BCUT2D eigenvalue weighted by Crippen LogP contribution is 2.29. The number of primary amides is 1. The fourth-order valence-electron chi connectivity index (χ4n) is 4.63. The summed E-state index contributed by atoms with van der Waals surface area (Å²) in [5.74, 6) is 0.0596. The fourth-order valence-corrected chi connectivity index (χ4v) is 4.63. The zero-order valence-electron chi connectivity index (χ0n) is 18.8. The number of hydrogen-bond donors (Lipinski definition) is 1. The Labute approximate surface area is 188 Å². The Morgan fingerprint density at radius 1 is 1.06 bits per heavy atom. The van der Waals surface area contributed by atoms with Gasteiger partial charge in [0.2, 0.25) is 11.8 Å². The third-order valence-corrected chi connectivity index (χ3v) is 6.32. The first-order valence-electron chi connectivity index (χ1n) is 11.0. The maximum atomic E-state index is 13.2. The minimum atomic E-state index is -0.674. The molecule has 1 aromatic heterocycles. The normalized spacial score (nSPS) is 18.9. The number of piperazine rings is 1. The van der Waals surface area contributed by atoms with Gasteiger partial charge in [0, 0.05) is 50.5 Å². The fraction of sp³-hybridized carbons (Fsp3) is 0.417. The molecule has 2 aromatic rings. The van der Waals surface area contributed by atoms with Crippen LogP contribution in [0, 0.1) is 13.8 Å². The van der Waals surface area contributed by atoms with Crippen LogP contribution in [0.25, 0.3) is 0 Å². The summed E-state index contributed by atoms with van der Waals surface area (Å²) >= 11 is 0. The number of carbonyl (C=O) groups excluding carboxylic acids is 3. The molecular weight excluding hydrogens is 406 g/mol. The maximum Gasteiger partial charge on any atom is 0.254 e. The van der Waals surface area contributed by atoms with Crippen LogP contribution in [0.3, 0.4) is 0 Å². The molecule has 1 unspecified atom stereocenters. The average molecular weight is 436 g/mol. The molecule has 2 aliphatic heterocycles. The number of benzene rings is 1. The summed E-state index contributed by atoms with van der Waals surface area (Å²) in [7, 11) is 0. The number of carbonyl (C=O) groups is 3. The molecule has 0 radical (unpaired) electrons. The zero-order chi connectivity index (χ0) is 23.0. The van der Waals surface area contributed by atoms with Gasteiger partial charge in [-0.25, -0.2) is 4.98 Å². The van der Waals surface area contributed by atoms with E-state index < -0.39 is 5.91 Å². The van der Waals surface area contributed by atoms with Crippen molar-refractivity contribution in [2.24, 2.45) is 5.73 Å². The van der Waals surface area contributed by atoms with E-state index >= 15 is 0 Å². The minimum Gasteiger partial charge on any atom is -0.366 e. The Kier molecular flexibility index (Phi) is 5.86. The summed E-state index contributed by atoms with van der Waals surface area (Å²) in [6.07, 6.45) is 3.10. The summed E-state index contributed by atoms with van der Waals surface area (Å²) in [5, 5.41) is 0. The number of pyridine rings is 1. The Hall–Kier alpha value is -3.42. The zero-order valence-corrected chi connectivity index (χ0v) is 18.8. The molecule has 3 amide bonds. The second-order valence-electron chi connectivity index (χ2n) is 8.68. The number of amides is 3. The number of aromatic nitrogens is 1. The van der Waals surface area contributed by atoms with Crippen molar-refractivity contribution in [3.05, 3.63) is 52.7 Å². The number of nitrogens with two attached hydrogens (primary N) is 1. The van der Waals surface area contributed by atoms with Gasteiger partial charge >= 0.3 is 0 Å². The lowest BCUT2D eigenvalue weighted by Gasteiger charge is -2.36. The number of aryl methyl sites for hydroxylation is 2. The van der Waals surface area contributed by atoms with Crippen LogP contribution in [0.4, 0.5) is 11.5 Å². The number of hydrogen-bond acceptors (Lipinski definition) is 5. The van der Waals surface area contributed by atoms with Gasteiger partial charge in [0.05, 0.1) is 11.1 Å². The van der Waals surface area contributed by atoms with E-state index in [1.807, 2.05) is 27.0 Å². The standard InChI is InChI=1S/C24H29N5O3/c1-15-12-16(2)23(26-14-15)27-8-10-28(11-9-27)24(32)19-6-5-18(13-20(19)22(25)31)29-17(3)4-7-21(29)30/h5-6,12-14,17H,4,7-11H2,1-3H3,(H2,25,31). The molecule has 1 atom stereocenters. The lowest BCUT2D eigenvalue weighted by Crippen LogP contribution is -2.49. The second kappa shape index (κ2) is 8.61. The van der Waals surface area contributed by atoms with E-state index in [2.05, 4.69) is 16.0 Å². The maximum absolute atomic E-state index is 13.2. The highest BCUT2D eigenvalue weighted by molar-refractivity contribution is 6.08. The predicted octanol–water partition coefficient (Wildman–Crippen LogP) is 2.28. The van der Waals surface area contributed by atoms with Gasteiger partial charge < -0.3 is 20.4 Å². The van der Waals surface area contributed by atoms with Crippen molar-refractivity contribution in [3.63, 3.8) is 0 Å². The molecule has 32 heavy (non-hydrogen) atoms. The Balaban J connectivity index is 1.52. The van der Waals surface area contributed by atoms with E-state index in [9.17, 15) is 14.4 Å². The first kappa shape index (κ1) is 21.8.